The zero-order chi connectivity index (χ0) is 15.5. The highest BCUT2D eigenvalue weighted by Gasteiger charge is 2.12. The van der Waals surface area contributed by atoms with E-state index in [0.717, 1.165) is 16.0 Å². The maximum Gasteiger partial charge on any atom is 0.265 e. The molecule has 3 aromatic rings. The van der Waals surface area contributed by atoms with Gasteiger partial charge in [0.1, 0.15) is 13.7 Å². The number of rotatable bonds is 3. The van der Waals surface area contributed by atoms with Crippen molar-refractivity contribution in [3.8, 4) is 10.4 Å². The first-order chi connectivity index (χ1) is 10.6. The number of nitrogens with one attached hydrogen (secondary N) is 1. The van der Waals surface area contributed by atoms with E-state index in [1.807, 2.05) is 32.1 Å². The molecular formula is C17H13BFNOS. The Morgan fingerprint density at radius 3 is 2.45 bits per heavy atom. The number of carbonyl (C=O) groups excluding carboxylic acids is 1. The van der Waals surface area contributed by atoms with E-state index < -0.39 is 0 Å². The van der Waals surface area contributed by atoms with Crippen LogP contribution in [0.25, 0.3) is 10.4 Å². The second-order valence-corrected chi connectivity index (χ2v) is 6.05. The third kappa shape index (κ3) is 3.09. The predicted octanol–water partition coefficient (Wildman–Crippen LogP) is 3.06. The summed E-state index contributed by atoms with van der Waals surface area (Å²) in [6.07, 6.45) is 0. The number of hydrogen-bond donors (Lipinski definition) is 1. The van der Waals surface area contributed by atoms with Crippen molar-refractivity contribution in [2.75, 3.05) is 5.32 Å². The monoisotopic (exact) mass is 309 g/mol. The van der Waals surface area contributed by atoms with E-state index in [2.05, 4.69) is 5.32 Å². The van der Waals surface area contributed by atoms with Crippen LogP contribution in [0, 0.1) is 5.82 Å². The summed E-state index contributed by atoms with van der Waals surface area (Å²) in [5.74, 6) is -0.466. The van der Waals surface area contributed by atoms with E-state index in [9.17, 15) is 9.18 Å². The number of benzene rings is 2. The van der Waals surface area contributed by atoms with Crippen molar-refractivity contribution in [3.63, 3.8) is 0 Å². The van der Waals surface area contributed by atoms with Gasteiger partial charge in [0.2, 0.25) is 0 Å². The third-order valence-corrected chi connectivity index (χ3v) is 4.40. The third-order valence-electron chi connectivity index (χ3n) is 3.28. The van der Waals surface area contributed by atoms with Crippen LogP contribution >= 0.6 is 11.3 Å². The van der Waals surface area contributed by atoms with Gasteiger partial charge >= 0.3 is 0 Å². The van der Waals surface area contributed by atoms with Gasteiger partial charge in [-0.25, -0.2) is 4.39 Å². The van der Waals surface area contributed by atoms with Crippen molar-refractivity contribution in [2.24, 2.45) is 0 Å². The molecule has 0 aliphatic carbocycles. The van der Waals surface area contributed by atoms with Crippen LogP contribution in [-0.2, 0) is 0 Å². The average Bonchev–Trinajstić information content (AvgIpc) is 3.00. The number of thiophene rings is 1. The highest BCUT2D eigenvalue weighted by Crippen LogP contribution is 2.30. The molecule has 0 aliphatic rings. The van der Waals surface area contributed by atoms with Gasteiger partial charge in [0.15, 0.2) is 0 Å². The lowest BCUT2D eigenvalue weighted by Crippen LogP contribution is -2.11. The van der Waals surface area contributed by atoms with Crippen LogP contribution in [0.5, 0.6) is 0 Å². The van der Waals surface area contributed by atoms with Gasteiger partial charge in [0.05, 0.1) is 4.88 Å². The minimum Gasteiger partial charge on any atom is -0.321 e. The summed E-state index contributed by atoms with van der Waals surface area (Å²) in [6, 6.07) is 17.6. The normalized spacial score (nSPS) is 10.4. The Morgan fingerprint density at radius 2 is 1.73 bits per heavy atom. The van der Waals surface area contributed by atoms with Crippen molar-refractivity contribution in [3.05, 3.63) is 71.4 Å². The average molecular weight is 309 g/mol. The molecule has 1 amide bonds. The Morgan fingerprint density at radius 1 is 1.00 bits per heavy atom. The lowest BCUT2D eigenvalue weighted by Gasteiger charge is -2.03. The zero-order valence-corrected chi connectivity index (χ0v) is 12.8. The molecule has 5 heteroatoms. The smallest absolute Gasteiger partial charge is 0.265 e. The molecule has 2 nitrogen and oxygen atoms in total. The predicted molar refractivity (Wildman–Crippen MR) is 92.3 cm³/mol. The molecule has 0 unspecified atom stereocenters. The lowest BCUT2D eigenvalue weighted by molar-refractivity contribution is 0.103. The van der Waals surface area contributed by atoms with Crippen LogP contribution < -0.4 is 10.8 Å². The van der Waals surface area contributed by atoms with Gasteiger partial charge in [0.25, 0.3) is 5.91 Å². The molecule has 1 N–H and O–H groups in total. The Bertz CT molecular complexity index is 814. The summed E-state index contributed by atoms with van der Waals surface area (Å²) in [7, 11) is 1.99. The van der Waals surface area contributed by atoms with Crippen LogP contribution in [0.3, 0.4) is 0 Å². The van der Waals surface area contributed by atoms with Gasteiger partial charge in [-0.3, -0.25) is 4.79 Å². The summed E-state index contributed by atoms with van der Waals surface area (Å²) in [4.78, 5) is 13.5. The minimum atomic E-state index is -0.283. The minimum absolute atomic E-state index is 0.184. The van der Waals surface area contributed by atoms with E-state index in [-0.39, 0.29) is 11.7 Å². The Labute approximate surface area is 133 Å². The summed E-state index contributed by atoms with van der Waals surface area (Å²) in [5, 5.41) is 2.84. The molecule has 0 saturated heterocycles. The van der Waals surface area contributed by atoms with Crippen LogP contribution in [0.2, 0.25) is 0 Å². The first-order valence-electron chi connectivity index (χ1n) is 6.86. The summed E-state index contributed by atoms with van der Waals surface area (Å²) in [5.41, 5.74) is 2.40. The van der Waals surface area contributed by atoms with Gasteiger partial charge in [-0.2, -0.15) is 0 Å². The standard InChI is InChI=1S/C17H13BFNOS/c18-11-5-7-12(8-6-11)20-17(21)16-10-9-15(22-16)13-3-1-2-4-14(13)19/h1-10H,18H2,(H,20,21). The van der Waals surface area contributed by atoms with Crippen molar-refractivity contribution in [1.82, 2.24) is 0 Å². The molecule has 0 saturated carbocycles. The Balaban J connectivity index is 1.80. The number of amides is 1. The van der Waals surface area contributed by atoms with Crippen molar-refractivity contribution >= 4 is 36.2 Å². The molecule has 0 aliphatic heterocycles. The maximum atomic E-state index is 13.8. The van der Waals surface area contributed by atoms with Crippen molar-refractivity contribution in [2.45, 2.75) is 0 Å². The van der Waals surface area contributed by atoms with E-state index in [1.54, 1.807) is 30.3 Å². The quantitative estimate of drug-likeness (QED) is 0.740. The summed E-state index contributed by atoms with van der Waals surface area (Å²) < 4.78 is 13.8. The molecular weight excluding hydrogens is 296 g/mol. The van der Waals surface area contributed by atoms with Gasteiger partial charge in [0, 0.05) is 16.1 Å². The van der Waals surface area contributed by atoms with Crippen molar-refractivity contribution in [1.29, 1.82) is 0 Å². The molecule has 0 fully saturated rings. The number of halogens is 1. The van der Waals surface area contributed by atoms with Gasteiger partial charge in [-0.05, 0) is 30.3 Å². The van der Waals surface area contributed by atoms with Crippen LogP contribution in [0.1, 0.15) is 9.67 Å². The van der Waals surface area contributed by atoms with E-state index in [1.165, 1.54) is 17.4 Å². The first kappa shape index (κ1) is 14.5. The highest BCUT2D eigenvalue weighted by atomic mass is 32.1. The molecule has 0 bridgehead atoms. The fourth-order valence-corrected chi connectivity index (χ4v) is 3.02. The maximum absolute atomic E-state index is 13.8. The number of carbonyl (C=O) groups is 1. The van der Waals surface area contributed by atoms with Gasteiger partial charge < -0.3 is 5.32 Å². The lowest BCUT2D eigenvalue weighted by atomic mass is 9.96. The second kappa shape index (κ2) is 6.16. The molecule has 1 heterocycles. The molecule has 0 atom stereocenters. The van der Waals surface area contributed by atoms with Gasteiger partial charge in [-0.1, -0.05) is 35.8 Å². The SMILES string of the molecule is Bc1ccc(NC(=O)c2ccc(-c3ccccc3F)s2)cc1. The van der Waals surface area contributed by atoms with E-state index >= 15 is 0 Å². The highest BCUT2D eigenvalue weighted by molar-refractivity contribution is 7.17. The summed E-state index contributed by atoms with van der Waals surface area (Å²) in [6.45, 7) is 0. The van der Waals surface area contributed by atoms with E-state index in [0.29, 0.717) is 10.4 Å². The van der Waals surface area contributed by atoms with Crippen molar-refractivity contribution < 1.29 is 9.18 Å². The molecule has 3 rings (SSSR count). The summed E-state index contributed by atoms with van der Waals surface area (Å²) >= 11 is 1.28. The Hall–Kier alpha value is -2.40. The fraction of sp³-hybridized carbons (Fsp3) is 0. The first-order valence-corrected chi connectivity index (χ1v) is 7.68. The second-order valence-electron chi connectivity index (χ2n) is 4.96. The molecule has 1 aromatic heterocycles. The fourth-order valence-electron chi connectivity index (χ4n) is 2.10. The van der Waals surface area contributed by atoms with Crippen LogP contribution in [0.15, 0.2) is 60.7 Å². The molecule has 22 heavy (non-hydrogen) atoms. The molecule has 2 aromatic carbocycles. The van der Waals surface area contributed by atoms with Crippen LogP contribution in [-0.4, -0.2) is 13.8 Å². The largest absolute Gasteiger partial charge is 0.321 e. The number of anilines is 1. The molecule has 0 radical (unpaired) electrons. The topological polar surface area (TPSA) is 29.1 Å². The molecule has 0 spiro atoms. The molecule has 108 valence electrons. The zero-order valence-electron chi connectivity index (χ0n) is 12.0. The van der Waals surface area contributed by atoms with Crippen LogP contribution in [0.4, 0.5) is 10.1 Å². The Kier molecular flexibility index (Phi) is 4.07. The van der Waals surface area contributed by atoms with Gasteiger partial charge in [-0.15, -0.1) is 11.3 Å². The number of hydrogen-bond acceptors (Lipinski definition) is 2. The van der Waals surface area contributed by atoms with E-state index in [4.69, 9.17) is 0 Å².